The summed E-state index contributed by atoms with van der Waals surface area (Å²) in [6.45, 7) is 3.58. The zero-order valence-electron chi connectivity index (χ0n) is 25.0. The van der Waals surface area contributed by atoms with Crippen molar-refractivity contribution in [1.29, 1.82) is 5.26 Å². The Morgan fingerprint density at radius 3 is 2.75 bits per heavy atom. The lowest BCUT2D eigenvalue weighted by Gasteiger charge is -2.42. The molecule has 4 heterocycles. The first kappa shape index (κ1) is 30.1. The van der Waals surface area contributed by atoms with Gasteiger partial charge in [0.05, 0.1) is 35.8 Å². The standard InChI is InChI=1S/C33H37ClFN7O2/c1-39-16-5-8-25(39)22-44-33-37-28-21-40(29-10-3-7-23-6-2-9-27(34)31(23)29)17-13-26(28)32(38-33)41-18-19-42(24(20-41)12-15-36)30(43)11-4-14-35/h2-4,6-7,9-11,24-25H,5,8,12-14,16-22H2,1H3/b11-4+/t24-,25-/m0/s1. The van der Waals surface area contributed by atoms with E-state index in [1.165, 1.54) is 12.2 Å². The van der Waals surface area contributed by atoms with Crippen LogP contribution in [0.2, 0.25) is 5.02 Å². The molecule has 0 saturated carbocycles. The fraction of sp³-hybridized carbons (Fsp3) is 0.455. The minimum atomic E-state index is -0.705. The van der Waals surface area contributed by atoms with Crippen LogP contribution in [0.5, 0.6) is 6.01 Å². The van der Waals surface area contributed by atoms with Crippen molar-refractivity contribution in [2.24, 2.45) is 0 Å². The number of fused-ring (bicyclic) bond motifs is 2. The van der Waals surface area contributed by atoms with E-state index in [9.17, 15) is 14.4 Å². The summed E-state index contributed by atoms with van der Waals surface area (Å²) in [7, 11) is 2.12. The molecule has 2 fully saturated rings. The second kappa shape index (κ2) is 13.4. The highest BCUT2D eigenvalue weighted by Crippen LogP contribution is 2.37. The van der Waals surface area contributed by atoms with Gasteiger partial charge in [0.15, 0.2) is 0 Å². The van der Waals surface area contributed by atoms with Gasteiger partial charge in [-0.15, -0.1) is 0 Å². The highest BCUT2D eigenvalue weighted by atomic mass is 35.5. The molecule has 0 radical (unpaired) electrons. The van der Waals surface area contributed by atoms with Crippen LogP contribution >= 0.6 is 11.6 Å². The predicted octanol–water partition coefficient (Wildman–Crippen LogP) is 4.78. The van der Waals surface area contributed by atoms with Crippen molar-refractivity contribution < 1.29 is 13.9 Å². The summed E-state index contributed by atoms with van der Waals surface area (Å²) >= 11 is 6.69. The first-order valence-electron chi connectivity index (χ1n) is 15.3. The molecule has 230 valence electrons. The van der Waals surface area contributed by atoms with Crippen LogP contribution in [-0.2, 0) is 17.8 Å². The summed E-state index contributed by atoms with van der Waals surface area (Å²) < 4.78 is 19.0. The average molecular weight is 618 g/mol. The van der Waals surface area contributed by atoms with Gasteiger partial charge in [-0.25, -0.2) is 4.39 Å². The smallest absolute Gasteiger partial charge is 0.318 e. The second-order valence-electron chi connectivity index (χ2n) is 11.7. The van der Waals surface area contributed by atoms with Gasteiger partial charge in [-0.2, -0.15) is 15.2 Å². The molecule has 11 heteroatoms. The predicted molar refractivity (Wildman–Crippen MR) is 170 cm³/mol. The van der Waals surface area contributed by atoms with Crippen molar-refractivity contribution in [3.8, 4) is 12.1 Å². The monoisotopic (exact) mass is 617 g/mol. The van der Waals surface area contributed by atoms with Crippen molar-refractivity contribution in [3.63, 3.8) is 0 Å². The molecule has 44 heavy (non-hydrogen) atoms. The van der Waals surface area contributed by atoms with Gasteiger partial charge in [-0.3, -0.25) is 4.79 Å². The van der Waals surface area contributed by atoms with Crippen LogP contribution in [0, 0.1) is 11.3 Å². The van der Waals surface area contributed by atoms with Crippen molar-refractivity contribution in [3.05, 3.63) is 64.8 Å². The summed E-state index contributed by atoms with van der Waals surface area (Å²) in [5, 5.41) is 12.4. The number of carbonyl (C=O) groups excluding carboxylic acids is 1. The summed E-state index contributed by atoms with van der Waals surface area (Å²) in [5.74, 6) is 0.524. The number of allylic oxidation sites excluding steroid dienone is 1. The Hall–Kier alpha value is -3.94. The quantitative estimate of drug-likeness (QED) is 0.334. The number of ether oxygens (including phenoxy) is 1. The Kier molecular flexibility index (Phi) is 9.14. The molecule has 3 aliphatic rings. The average Bonchev–Trinajstić information content (AvgIpc) is 3.46. The molecule has 2 saturated heterocycles. The minimum absolute atomic E-state index is 0.173. The molecule has 9 nitrogen and oxygen atoms in total. The third-order valence-electron chi connectivity index (χ3n) is 9.01. The van der Waals surface area contributed by atoms with Gasteiger partial charge in [0.1, 0.15) is 19.1 Å². The van der Waals surface area contributed by atoms with Gasteiger partial charge in [0.2, 0.25) is 5.91 Å². The van der Waals surface area contributed by atoms with E-state index in [4.69, 9.17) is 26.3 Å². The number of anilines is 2. The summed E-state index contributed by atoms with van der Waals surface area (Å²) in [4.78, 5) is 31.1. The van der Waals surface area contributed by atoms with E-state index in [-0.39, 0.29) is 18.4 Å². The summed E-state index contributed by atoms with van der Waals surface area (Å²) in [6, 6.07) is 14.7. The number of amides is 1. The third-order valence-corrected chi connectivity index (χ3v) is 9.33. The maximum atomic E-state index is 12.8. The van der Waals surface area contributed by atoms with Gasteiger partial charge < -0.3 is 24.3 Å². The molecule has 0 unspecified atom stereocenters. The second-order valence-corrected chi connectivity index (χ2v) is 12.1. The largest absolute Gasteiger partial charge is 0.462 e. The Bertz CT molecular complexity index is 1590. The SMILES string of the molecule is CN1CCC[C@H]1COc1nc2c(c(N3CCN(C(=O)/C=C/CF)[C@@H](CC#N)C3)n1)CCN(c1cccc3cccc(Cl)c13)C2. The maximum absolute atomic E-state index is 12.8. The van der Waals surface area contributed by atoms with Crippen LogP contribution in [0.1, 0.15) is 30.5 Å². The van der Waals surface area contributed by atoms with E-state index in [1.807, 2.05) is 12.1 Å². The minimum Gasteiger partial charge on any atom is -0.462 e. The van der Waals surface area contributed by atoms with Crippen LogP contribution < -0.4 is 14.5 Å². The van der Waals surface area contributed by atoms with Crippen LogP contribution in [0.15, 0.2) is 48.6 Å². The zero-order valence-corrected chi connectivity index (χ0v) is 25.7. The van der Waals surface area contributed by atoms with Crippen molar-refractivity contribution in [2.75, 3.05) is 62.9 Å². The molecular weight excluding hydrogens is 581 g/mol. The van der Waals surface area contributed by atoms with E-state index < -0.39 is 6.67 Å². The molecule has 0 aliphatic carbocycles. The zero-order chi connectivity index (χ0) is 30.6. The number of hydrogen-bond donors (Lipinski definition) is 0. The number of rotatable bonds is 8. The molecule has 1 aromatic heterocycles. The summed E-state index contributed by atoms with van der Waals surface area (Å²) in [6.07, 6.45) is 5.58. The van der Waals surface area contributed by atoms with Gasteiger partial charge in [-0.1, -0.05) is 35.9 Å². The van der Waals surface area contributed by atoms with Crippen molar-refractivity contribution in [2.45, 2.75) is 44.3 Å². The molecule has 0 N–H and O–H groups in total. The highest BCUT2D eigenvalue weighted by molar-refractivity contribution is 6.36. The van der Waals surface area contributed by atoms with Crippen LogP contribution in [0.3, 0.4) is 0 Å². The molecule has 0 bridgehead atoms. The van der Waals surface area contributed by atoms with Crippen molar-refractivity contribution >= 4 is 39.8 Å². The van der Waals surface area contributed by atoms with Crippen LogP contribution in [0.25, 0.3) is 10.8 Å². The number of alkyl halides is 1. The first-order chi connectivity index (χ1) is 21.5. The Balaban J connectivity index is 1.32. The lowest BCUT2D eigenvalue weighted by atomic mass is 10.0. The van der Waals surface area contributed by atoms with Crippen LogP contribution in [0.4, 0.5) is 15.9 Å². The third kappa shape index (κ3) is 6.17. The first-order valence-corrected chi connectivity index (χ1v) is 15.6. The summed E-state index contributed by atoms with van der Waals surface area (Å²) in [5.41, 5.74) is 3.03. The Labute approximate surface area is 262 Å². The molecule has 0 spiro atoms. The Morgan fingerprint density at radius 1 is 1.14 bits per heavy atom. The maximum Gasteiger partial charge on any atom is 0.318 e. The van der Waals surface area contributed by atoms with E-state index in [0.29, 0.717) is 49.9 Å². The fourth-order valence-electron chi connectivity index (χ4n) is 6.68. The Morgan fingerprint density at radius 2 is 1.98 bits per heavy atom. The molecule has 1 amide bonds. The number of nitriles is 1. The molecule has 2 aromatic carbocycles. The van der Waals surface area contributed by atoms with Crippen molar-refractivity contribution in [1.82, 2.24) is 19.8 Å². The number of carbonyl (C=O) groups is 1. The van der Waals surface area contributed by atoms with Gasteiger partial charge in [0, 0.05) is 54.9 Å². The normalized spacial score (nSPS) is 20.7. The molecule has 3 aromatic rings. The number of nitrogens with zero attached hydrogens (tertiary/aromatic N) is 7. The number of likely N-dealkylation sites (N-methyl/N-ethyl adjacent to an activating group) is 1. The number of hydrogen-bond acceptors (Lipinski definition) is 8. The topological polar surface area (TPSA) is 88.8 Å². The number of halogens is 2. The number of benzene rings is 2. The fourth-order valence-corrected chi connectivity index (χ4v) is 6.96. The van der Waals surface area contributed by atoms with E-state index in [0.717, 1.165) is 65.9 Å². The number of piperazine rings is 1. The highest BCUT2D eigenvalue weighted by Gasteiger charge is 2.34. The van der Waals surface area contributed by atoms with Gasteiger partial charge in [0.25, 0.3) is 0 Å². The molecule has 3 aliphatic heterocycles. The van der Waals surface area contributed by atoms with E-state index >= 15 is 0 Å². The molecular formula is C33H37ClFN7O2. The van der Waals surface area contributed by atoms with E-state index in [1.54, 1.807) is 4.90 Å². The lowest BCUT2D eigenvalue weighted by Crippen LogP contribution is -2.55. The lowest BCUT2D eigenvalue weighted by molar-refractivity contribution is -0.128. The number of likely N-dealkylation sites (tertiary alicyclic amines) is 1. The number of aromatic nitrogens is 2. The molecule has 6 rings (SSSR count). The molecule has 2 atom stereocenters. The van der Waals surface area contributed by atoms with E-state index in [2.05, 4.69) is 52.1 Å². The van der Waals surface area contributed by atoms with Crippen LogP contribution in [-0.4, -0.2) is 90.8 Å². The van der Waals surface area contributed by atoms with Gasteiger partial charge in [-0.05, 0) is 56.4 Å². The van der Waals surface area contributed by atoms with Gasteiger partial charge >= 0.3 is 6.01 Å².